The van der Waals surface area contributed by atoms with Gasteiger partial charge in [-0.15, -0.1) is 0 Å². The normalized spacial score (nSPS) is 17.4. The number of benzene rings is 1. The van der Waals surface area contributed by atoms with Crippen LogP contribution in [0.3, 0.4) is 0 Å². The lowest BCUT2D eigenvalue weighted by molar-refractivity contribution is 0.133. The first-order valence-electron chi connectivity index (χ1n) is 6.70. The van der Waals surface area contributed by atoms with Crippen molar-refractivity contribution < 1.29 is 9.13 Å². The molecule has 4 nitrogen and oxygen atoms in total. The van der Waals surface area contributed by atoms with Crippen LogP contribution in [0.25, 0.3) is 0 Å². The summed E-state index contributed by atoms with van der Waals surface area (Å²) in [6.07, 6.45) is 0. The zero-order chi connectivity index (χ0) is 13.7. The Balaban J connectivity index is 1.76. The van der Waals surface area contributed by atoms with Crippen LogP contribution in [0.5, 0.6) is 5.75 Å². The van der Waals surface area contributed by atoms with Crippen molar-refractivity contribution in [1.29, 1.82) is 0 Å². The number of rotatable bonds is 5. The highest BCUT2D eigenvalue weighted by Crippen LogP contribution is 2.20. The lowest BCUT2D eigenvalue weighted by atomic mass is 10.3. The first-order chi connectivity index (χ1) is 9.19. The Morgan fingerprint density at radius 1 is 1.26 bits per heavy atom. The number of anilines is 1. The van der Waals surface area contributed by atoms with E-state index < -0.39 is 0 Å². The maximum Gasteiger partial charge on any atom is 0.146 e. The molecule has 0 saturated carbocycles. The summed E-state index contributed by atoms with van der Waals surface area (Å²) in [4.78, 5) is 4.72. The number of piperazine rings is 1. The molecule has 1 heterocycles. The van der Waals surface area contributed by atoms with Crippen molar-refractivity contribution in [2.24, 2.45) is 0 Å². The van der Waals surface area contributed by atoms with E-state index in [1.54, 1.807) is 19.2 Å². The number of ether oxygens (including phenoxy) is 1. The van der Waals surface area contributed by atoms with Crippen LogP contribution in [0.1, 0.15) is 0 Å². The molecule has 1 N–H and O–H groups in total. The Labute approximate surface area is 114 Å². The van der Waals surface area contributed by atoms with Gasteiger partial charge in [0.25, 0.3) is 0 Å². The maximum absolute atomic E-state index is 13.3. The fourth-order valence-electron chi connectivity index (χ4n) is 2.15. The zero-order valence-corrected chi connectivity index (χ0v) is 11.7. The first-order valence-corrected chi connectivity index (χ1v) is 6.70. The van der Waals surface area contributed by atoms with E-state index in [0.29, 0.717) is 18.0 Å². The van der Waals surface area contributed by atoms with Gasteiger partial charge in [0.05, 0.1) is 5.69 Å². The topological polar surface area (TPSA) is 27.7 Å². The molecular weight excluding hydrogens is 245 g/mol. The smallest absolute Gasteiger partial charge is 0.146 e. The first kappa shape index (κ1) is 14.1. The molecule has 1 aliphatic rings. The van der Waals surface area contributed by atoms with Crippen LogP contribution in [0, 0.1) is 5.82 Å². The van der Waals surface area contributed by atoms with Crippen LogP contribution in [0.4, 0.5) is 10.1 Å². The molecule has 5 heteroatoms. The van der Waals surface area contributed by atoms with Gasteiger partial charge < -0.3 is 15.0 Å². The Hall–Kier alpha value is -1.33. The average molecular weight is 267 g/mol. The van der Waals surface area contributed by atoms with E-state index in [2.05, 4.69) is 22.2 Å². The summed E-state index contributed by atoms with van der Waals surface area (Å²) in [5.41, 5.74) is 0.470. The third-order valence-corrected chi connectivity index (χ3v) is 3.48. The summed E-state index contributed by atoms with van der Waals surface area (Å²) >= 11 is 0. The Kier molecular flexibility index (Phi) is 4.99. The predicted octanol–water partition coefficient (Wildman–Crippen LogP) is 1.49. The zero-order valence-electron chi connectivity index (χ0n) is 11.7. The fourth-order valence-corrected chi connectivity index (χ4v) is 2.15. The summed E-state index contributed by atoms with van der Waals surface area (Å²) in [6, 6.07) is 4.79. The van der Waals surface area contributed by atoms with E-state index in [1.807, 2.05) is 0 Å². The van der Waals surface area contributed by atoms with E-state index in [-0.39, 0.29) is 5.82 Å². The van der Waals surface area contributed by atoms with Crippen molar-refractivity contribution in [1.82, 2.24) is 9.80 Å². The second kappa shape index (κ2) is 6.73. The SMILES string of the molecule is CNc1cc(OCCN2CCN(C)CC2)ccc1F. The molecule has 1 aliphatic heterocycles. The fraction of sp³-hybridized carbons (Fsp3) is 0.571. The second-order valence-corrected chi connectivity index (χ2v) is 4.89. The summed E-state index contributed by atoms with van der Waals surface area (Å²) in [7, 11) is 3.85. The van der Waals surface area contributed by atoms with E-state index in [9.17, 15) is 4.39 Å². The third-order valence-electron chi connectivity index (χ3n) is 3.48. The molecule has 0 aromatic heterocycles. The maximum atomic E-state index is 13.3. The highest BCUT2D eigenvalue weighted by molar-refractivity contribution is 5.48. The lowest BCUT2D eigenvalue weighted by Crippen LogP contribution is -2.45. The number of nitrogens with one attached hydrogen (secondary N) is 1. The van der Waals surface area contributed by atoms with Crippen LogP contribution in [-0.4, -0.2) is 63.2 Å². The molecule has 1 fully saturated rings. The number of likely N-dealkylation sites (N-methyl/N-ethyl adjacent to an activating group) is 1. The van der Waals surface area contributed by atoms with Crippen LogP contribution >= 0.6 is 0 Å². The molecule has 0 bridgehead atoms. The molecular formula is C14H22FN3O. The van der Waals surface area contributed by atoms with Gasteiger partial charge in [0, 0.05) is 45.8 Å². The van der Waals surface area contributed by atoms with Gasteiger partial charge in [0.1, 0.15) is 18.2 Å². The van der Waals surface area contributed by atoms with Crippen LogP contribution < -0.4 is 10.1 Å². The van der Waals surface area contributed by atoms with Crippen LogP contribution in [0.15, 0.2) is 18.2 Å². The number of halogens is 1. The predicted molar refractivity (Wildman–Crippen MR) is 75.4 cm³/mol. The highest BCUT2D eigenvalue weighted by Gasteiger charge is 2.13. The van der Waals surface area contributed by atoms with Gasteiger partial charge >= 0.3 is 0 Å². The molecule has 0 atom stereocenters. The summed E-state index contributed by atoms with van der Waals surface area (Å²) in [5, 5.41) is 2.81. The second-order valence-electron chi connectivity index (χ2n) is 4.89. The minimum Gasteiger partial charge on any atom is -0.492 e. The van der Waals surface area contributed by atoms with Gasteiger partial charge in [-0.2, -0.15) is 0 Å². The summed E-state index contributed by atoms with van der Waals surface area (Å²) in [5.74, 6) is 0.453. The molecule has 0 aliphatic carbocycles. The van der Waals surface area contributed by atoms with E-state index in [1.165, 1.54) is 6.07 Å². The molecule has 0 amide bonds. The van der Waals surface area contributed by atoms with Gasteiger partial charge in [-0.05, 0) is 19.2 Å². The van der Waals surface area contributed by atoms with Gasteiger partial charge in [-0.3, -0.25) is 4.90 Å². The van der Waals surface area contributed by atoms with Gasteiger partial charge in [-0.25, -0.2) is 4.39 Å². The Morgan fingerprint density at radius 3 is 2.68 bits per heavy atom. The Bertz CT molecular complexity index is 406. The molecule has 19 heavy (non-hydrogen) atoms. The van der Waals surface area contributed by atoms with Crippen molar-refractivity contribution >= 4 is 5.69 Å². The molecule has 2 rings (SSSR count). The monoisotopic (exact) mass is 267 g/mol. The van der Waals surface area contributed by atoms with Crippen LogP contribution in [0.2, 0.25) is 0 Å². The Morgan fingerprint density at radius 2 is 2.00 bits per heavy atom. The number of nitrogens with zero attached hydrogens (tertiary/aromatic N) is 2. The van der Waals surface area contributed by atoms with Crippen LogP contribution in [-0.2, 0) is 0 Å². The highest BCUT2D eigenvalue weighted by atomic mass is 19.1. The number of hydrogen-bond acceptors (Lipinski definition) is 4. The molecule has 106 valence electrons. The van der Waals surface area contributed by atoms with Crippen molar-refractivity contribution in [3.05, 3.63) is 24.0 Å². The van der Waals surface area contributed by atoms with Crippen molar-refractivity contribution in [2.75, 3.05) is 58.7 Å². The van der Waals surface area contributed by atoms with Crippen molar-refractivity contribution in [3.8, 4) is 5.75 Å². The third kappa shape index (κ3) is 4.08. The molecule has 1 aromatic carbocycles. The molecule has 0 unspecified atom stereocenters. The largest absolute Gasteiger partial charge is 0.492 e. The van der Waals surface area contributed by atoms with E-state index in [4.69, 9.17) is 4.74 Å². The van der Waals surface area contributed by atoms with Gasteiger partial charge in [-0.1, -0.05) is 0 Å². The van der Waals surface area contributed by atoms with Gasteiger partial charge in [0.2, 0.25) is 0 Å². The summed E-state index contributed by atoms with van der Waals surface area (Å²) in [6.45, 7) is 5.95. The number of hydrogen-bond donors (Lipinski definition) is 1. The molecule has 0 radical (unpaired) electrons. The lowest BCUT2D eigenvalue weighted by Gasteiger charge is -2.32. The van der Waals surface area contributed by atoms with E-state index >= 15 is 0 Å². The quantitative estimate of drug-likeness (QED) is 0.875. The molecule has 1 aromatic rings. The average Bonchev–Trinajstić information content (AvgIpc) is 2.43. The van der Waals surface area contributed by atoms with Crippen molar-refractivity contribution in [3.63, 3.8) is 0 Å². The molecule has 0 spiro atoms. The standard InChI is InChI=1S/C14H22FN3O/c1-16-14-11-12(3-4-13(14)15)19-10-9-18-7-5-17(2)6-8-18/h3-4,11,16H,5-10H2,1-2H3. The minimum atomic E-state index is -0.256. The summed E-state index contributed by atoms with van der Waals surface area (Å²) < 4.78 is 19.0. The van der Waals surface area contributed by atoms with Gasteiger partial charge in [0.15, 0.2) is 0 Å². The van der Waals surface area contributed by atoms with E-state index in [0.717, 1.165) is 32.7 Å². The molecule has 1 saturated heterocycles. The minimum absolute atomic E-state index is 0.256. The van der Waals surface area contributed by atoms with Crippen molar-refractivity contribution in [2.45, 2.75) is 0 Å².